The van der Waals surface area contributed by atoms with E-state index in [1.165, 1.54) is 6.07 Å². The summed E-state index contributed by atoms with van der Waals surface area (Å²) in [6, 6.07) is 15.2. The molecule has 0 unspecified atom stereocenters. The zero-order chi connectivity index (χ0) is 20.8. The van der Waals surface area contributed by atoms with Crippen molar-refractivity contribution in [1.29, 1.82) is 0 Å². The molecule has 1 aromatic heterocycles. The zero-order valence-corrected chi connectivity index (χ0v) is 16.4. The third-order valence-corrected chi connectivity index (χ3v) is 4.51. The van der Waals surface area contributed by atoms with E-state index in [0.717, 1.165) is 16.5 Å². The van der Waals surface area contributed by atoms with Gasteiger partial charge in [0, 0.05) is 35.7 Å². The molecule has 2 amide bonds. The van der Waals surface area contributed by atoms with E-state index >= 15 is 0 Å². The van der Waals surface area contributed by atoms with Gasteiger partial charge in [-0.05, 0) is 49.7 Å². The van der Waals surface area contributed by atoms with Gasteiger partial charge in [0.25, 0.3) is 0 Å². The molecule has 2 N–H and O–H groups in total. The number of aromatic amines is 1. The van der Waals surface area contributed by atoms with Crippen molar-refractivity contribution in [3.05, 3.63) is 76.1 Å². The summed E-state index contributed by atoms with van der Waals surface area (Å²) >= 11 is 0. The predicted octanol–water partition coefficient (Wildman–Crippen LogP) is 3.76. The number of fused-ring (bicyclic) bond motifs is 1. The van der Waals surface area contributed by atoms with Crippen LogP contribution >= 0.6 is 0 Å². The molecule has 0 spiro atoms. The van der Waals surface area contributed by atoms with Crippen LogP contribution in [0.25, 0.3) is 10.9 Å². The monoisotopic (exact) mass is 393 g/mol. The van der Waals surface area contributed by atoms with Crippen LogP contribution in [0.1, 0.15) is 29.8 Å². The van der Waals surface area contributed by atoms with Crippen molar-refractivity contribution in [2.45, 2.75) is 20.4 Å². The van der Waals surface area contributed by atoms with Crippen molar-refractivity contribution in [3.8, 4) is 0 Å². The average molecular weight is 393 g/mol. The van der Waals surface area contributed by atoms with Crippen molar-refractivity contribution in [2.24, 2.45) is 0 Å². The quantitative estimate of drug-likeness (QED) is 0.624. The second-order valence-electron chi connectivity index (χ2n) is 6.45. The number of amides is 2. The number of urea groups is 1. The molecule has 7 nitrogen and oxygen atoms in total. The maximum Gasteiger partial charge on any atom is 0.338 e. The van der Waals surface area contributed by atoms with E-state index in [4.69, 9.17) is 4.74 Å². The Balaban J connectivity index is 1.75. The fourth-order valence-electron chi connectivity index (χ4n) is 3.05. The van der Waals surface area contributed by atoms with Crippen LogP contribution in [0.4, 0.5) is 10.5 Å². The van der Waals surface area contributed by atoms with Gasteiger partial charge in [-0.25, -0.2) is 9.59 Å². The Morgan fingerprint density at radius 2 is 1.79 bits per heavy atom. The SMILES string of the molecule is CCOC(=O)c1ccc(NC(=O)N(CC)Cc2cc(=O)[nH]c3ccccc23)cc1. The van der Waals surface area contributed by atoms with Gasteiger partial charge in [0.1, 0.15) is 0 Å². The highest BCUT2D eigenvalue weighted by Gasteiger charge is 2.15. The molecule has 0 saturated carbocycles. The molecule has 150 valence electrons. The second kappa shape index (κ2) is 9.05. The van der Waals surface area contributed by atoms with Gasteiger partial charge in [-0.15, -0.1) is 0 Å². The summed E-state index contributed by atoms with van der Waals surface area (Å²) in [5.41, 5.74) is 2.30. The molecule has 0 aliphatic rings. The maximum absolute atomic E-state index is 12.7. The summed E-state index contributed by atoms with van der Waals surface area (Å²) in [5, 5.41) is 3.72. The van der Waals surface area contributed by atoms with Gasteiger partial charge in [-0.1, -0.05) is 18.2 Å². The van der Waals surface area contributed by atoms with E-state index in [1.54, 1.807) is 36.1 Å². The number of carbonyl (C=O) groups is 2. The summed E-state index contributed by atoms with van der Waals surface area (Å²) in [7, 11) is 0. The van der Waals surface area contributed by atoms with Crippen LogP contribution in [-0.2, 0) is 11.3 Å². The number of rotatable bonds is 6. The van der Waals surface area contributed by atoms with Crippen LogP contribution in [0, 0.1) is 0 Å². The molecule has 0 bridgehead atoms. The lowest BCUT2D eigenvalue weighted by Gasteiger charge is -2.22. The molecule has 2 aromatic carbocycles. The third kappa shape index (κ3) is 4.82. The minimum Gasteiger partial charge on any atom is -0.462 e. The van der Waals surface area contributed by atoms with Crippen LogP contribution in [0.15, 0.2) is 59.4 Å². The smallest absolute Gasteiger partial charge is 0.338 e. The van der Waals surface area contributed by atoms with Gasteiger partial charge >= 0.3 is 12.0 Å². The van der Waals surface area contributed by atoms with E-state index in [2.05, 4.69) is 10.3 Å². The number of anilines is 1. The number of benzene rings is 2. The number of pyridine rings is 1. The number of carbonyl (C=O) groups excluding carboxylic acids is 2. The van der Waals surface area contributed by atoms with Crippen LogP contribution in [0.2, 0.25) is 0 Å². The van der Waals surface area contributed by atoms with Gasteiger partial charge in [-0.3, -0.25) is 4.79 Å². The average Bonchev–Trinajstić information content (AvgIpc) is 2.72. The van der Waals surface area contributed by atoms with E-state index in [-0.39, 0.29) is 11.6 Å². The molecule has 0 aliphatic carbocycles. The number of hydrogen-bond donors (Lipinski definition) is 2. The molecule has 29 heavy (non-hydrogen) atoms. The van der Waals surface area contributed by atoms with Crippen LogP contribution in [0.3, 0.4) is 0 Å². The third-order valence-electron chi connectivity index (χ3n) is 4.51. The van der Waals surface area contributed by atoms with Crippen molar-refractivity contribution >= 4 is 28.6 Å². The maximum atomic E-state index is 12.7. The van der Waals surface area contributed by atoms with Gasteiger partial charge in [0.15, 0.2) is 0 Å². The van der Waals surface area contributed by atoms with Gasteiger partial charge in [-0.2, -0.15) is 0 Å². The number of H-pyrrole nitrogens is 1. The molecular formula is C22H23N3O4. The molecule has 3 rings (SSSR count). The van der Waals surface area contributed by atoms with Crippen molar-refractivity contribution < 1.29 is 14.3 Å². The number of esters is 1. The number of hydrogen-bond acceptors (Lipinski definition) is 4. The van der Waals surface area contributed by atoms with E-state index in [0.29, 0.717) is 30.9 Å². The topological polar surface area (TPSA) is 91.5 Å². The minimum atomic E-state index is -0.401. The first kappa shape index (κ1) is 20.1. The number of nitrogens with zero attached hydrogens (tertiary/aromatic N) is 1. The number of para-hydroxylation sites is 1. The largest absolute Gasteiger partial charge is 0.462 e. The normalized spacial score (nSPS) is 10.6. The summed E-state index contributed by atoms with van der Waals surface area (Å²) in [5.74, 6) is -0.401. The van der Waals surface area contributed by atoms with Crippen molar-refractivity contribution in [1.82, 2.24) is 9.88 Å². The standard InChI is InChI=1S/C22H23N3O4/c1-3-25(14-16-13-20(26)24-19-8-6-5-7-18(16)19)22(28)23-17-11-9-15(10-12-17)21(27)29-4-2/h5-13H,3-4,14H2,1-2H3,(H,23,28)(H,24,26). The van der Waals surface area contributed by atoms with Crippen molar-refractivity contribution in [3.63, 3.8) is 0 Å². The fraction of sp³-hybridized carbons (Fsp3) is 0.227. The molecule has 0 fully saturated rings. The number of ether oxygens (including phenoxy) is 1. The Morgan fingerprint density at radius 1 is 1.07 bits per heavy atom. The van der Waals surface area contributed by atoms with Gasteiger partial charge < -0.3 is 19.9 Å². The number of aromatic nitrogens is 1. The van der Waals surface area contributed by atoms with E-state index < -0.39 is 5.97 Å². The Labute approximate surface area is 168 Å². The zero-order valence-electron chi connectivity index (χ0n) is 16.4. The number of nitrogens with one attached hydrogen (secondary N) is 2. The molecule has 0 radical (unpaired) electrons. The molecule has 7 heteroatoms. The molecule has 3 aromatic rings. The molecule has 0 saturated heterocycles. The first-order valence-corrected chi connectivity index (χ1v) is 9.46. The minimum absolute atomic E-state index is 0.204. The summed E-state index contributed by atoms with van der Waals surface area (Å²) in [4.78, 5) is 40.8. The lowest BCUT2D eigenvalue weighted by atomic mass is 10.1. The highest BCUT2D eigenvalue weighted by Crippen LogP contribution is 2.17. The van der Waals surface area contributed by atoms with Gasteiger partial charge in [0.05, 0.1) is 12.2 Å². The Hall–Kier alpha value is -3.61. The Kier molecular flexibility index (Phi) is 6.29. The molecule has 0 atom stereocenters. The van der Waals surface area contributed by atoms with Gasteiger partial charge in [0.2, 0.25) is 5.56 Å². The highest BCUT2D eigenvalue weighted by atomic mass is 16.5. The van der Waals surface area contributed by atoms with Crippen LogP contribution in [-0.4, -0.2) is 35.0 Å². The highest BCUT2D eigenvalue weighted by molar-refractivity contribution is 5.92. The summed E-state index contributed by atoms with van der Waals surface area (Å²) in [6.45, 7) is 4.69. The van der Waals surface area contributed by atoms with Crippen molar-refractivity contribution in [2.75, 3.05) is 18.5 Å². The first-order valence-electron chi connectivity index (χ1n) is 9.46. The summed E-state index contributed by atoms with van der Waals surface area (Å²) < 4.78 is 4.95. The lowest BCUT2D eigenvalue weighted by molar-refractivity contribution is 0.0526. The Morgan fingerprint density at radius 3 is 2.48 bits per heavy atom. The van der Waals surface area contributed by atoms with E-state index in [1.807, 2.05) is 31.2 Å². The Bertz CT molecular complexity index is 1070. The molecular weight excluding hydrogens is 370 g/mol. The van der Waals surface area contributed by atoms with E-state index in [9.17, 15) is 14.4 Å². The predicted molar refractivity (Wildman–Crippen MR) is 112 cm³/mol. The summed E-state index contributed by atoms with van der Waals surface area (Å²) in [6.07, 6.45) is 0. The second-order valence-corrected chi connectivity index (χ2v) is 6.45. The van der Waals surface area contributed by atoms with Crippen LogP contribution in [0.5, 0.6) is 0 Å². The molecule has 1 heterocycles. The first-order chi connectivity index (χ1) is 14.0. The fourth-order valence-corrected chi connectivity index (χ4v) is 3.05. The van der Waals surface area contributed by atoms with Crippen LogP contribution < -0.4 is 10.9 Å². The lowest BCUT2D eigenvalue weighted by Crippen LogP contribution is -2.34. The molecule has 0 aliphatic heterocycles.